The monoisotopic (exact) mass is 226 g/mol. The topological polar surface area (TPSA) is 44.1 Å². The second-order valence-corrected chi connectivity index (χ2v) is 4.53. The lowest BCUT2D eigenvalue weighted by Crippen LogP contribution is -2.09. The van der Waals surface area contributed by atoms with E-state index in [0.29, 0.717) is 12.3 Å². The van der Waals surface area contributed by atoms with Crippen molar-refractivity contribution in [3.05, 3.63) is 17.0 Å². The number of fused-ring (bicyclic) bond motifs is 1. The van der Waals surface area contributed by atoms with Gasteiger partial charge in [-0.05, 0) is 19.1 Å². The fraction of sp³-hybridized carbons (Fsp3) is 0.600. The van der Waals surface area contributed by atoms with Crippen molar-refractivity contribution >= 4 is 17.7 Å². The molecule has 0 radical (unpaired) electrons. The summed E-state index contributed by atoms with van der Waals surface area (Å²) in [6.45, 7) is 2.21. The zero-order chi connectivity index (χ0) is 10.8. The van der Waals surface area contributed by atoms with Gasteiger partial charge in [-0.2, -0.15) is 16.9 Å². The number of carbonyl (C=O) groups excluding carboxylic acids is 1. The first kappa shape index (κ1) is 10.5. The van der Waals surface area contributed by atoms with E-state index in [2.05, 4.69) is 5.10 Å². The van der Waals surface area contributed by atoms with Gasteiger partial charge in [0.2, 0.25) is 0 Å². The molecule has 0 saturated carbocycles. The number of esters is 1. The molecule has 0 fully saturated rings. The van der Waals surface area contributed by atoms with E-state index in [-0.39, 0.29) is 5.97 Å². The number of hydrogen-bond acceptors (Lipinski definition) is 4. The number of aromatic nitrogens is 2. The summed E-state index contributed by atoms with van der Waals surface area (Å²) in [5.41, 5.74) is 2.74. The maximum Gasteiger partial charge on any atom is 0.359 e. The van der Waals surface area contributed by atoms with Crippen LogP contribution in [0.25, 0.3) is 0 Å². The molecule has 0 atom stereocenters. The number of carbonyl (C=O) groups is 1. The van der Waals surface area contributed by atoms with Crippen molar-refractivity contribution in [3.8, 4) is 0 Å². The minimum absolute atomic E-state index is 0.295. The van der Waals surface area contributed by atoms with Gasteiger partial charge >= 0.3 is 5.97 Å². The molecule has 15 heavy (non-hydrogen) atoms. The van der Waals surface area contributed by atoms with Crippen molar-refractivity contribution in [2.45, 2.75) is 19.1 Å². The molecule has 1 aliphatic rings. The summed E-state index contributed by atoms with van der Waals surface area (Å²) in [6.07, 6.45) is 0.989. The molecule has 0 unspecified atom stereocenters. The Balaban J connectivity index is 2.35. The Morgan fingerprint density at radius 2 is 2.47 bits per heavy atom. The third-order valence-electron chi connectivity index (χ3n) is 2.47. The van der Waals surface area contributed by atoms with Gasteiger partial charge in [-0.15, -0.1) is 0 Å². The summed E-state index contributed by atoms with van der Waals surface area (Å²) in [4.78, 5) is 11.6. The second kappa shape index (κ2) is 4.26. The van der Waals surface area contributed by atoms with Crippen LogP contribution in [0.3, 0.4) is 0 Å². The van der Waals surface area contributed by atoms with E-state index in [1.807, 2.05) is 25.7 Å². The predicted molar refractivity (Wildman–Crippen MR) is 59.0 cm³/mol. The van der Waals surface area contributed by atoms with Gasteiger partial charge in [0.05, 0.1) is 6.61 Å². The maximum absolute atomic E-state index is 11.6. The van der Waals surface area contributed by atoms with Crippen LogP contribution in [-0.2, 0) is 24.0 Å². The van der Waals surface area contributed by atoms with Crippen molar-refractivity contribution < 1.29 is 9.53 Å². The molecule has 0 spiro atoms. The SMILES string of the molecule is CCOC(=O)c1nn(C)c2c1CSCC2. The summed E-state index contributed by atoms with van der Waals surface area (Å²) < 4.78 is 6.79. The van der Waals surface area contributed by atoms with Gasteiger partial charge in [0.25, 0.3) is 0 Å². The summed E-state index contributed by atoms with van der Waals surface area (Å²) in [6, 6.07) is 0. The first-order valence-corrected chi connectivity index (χ1v) is 6.19. The van der Waals surface area contributed by atoms with Crippen LogP contribution in [0, 0.1) is 0 Å². The number of hydrogen-bond donors (Lipinski definition) is 0. The van der Waals surface area contributed by atoms with E-state index in [9.17, 15) is 4.79 Å². The molecule has 1 aromatic rings. The van der Waals surface area contributed by atoms with Gasteiger partial charge < -0.3 is 4.74 Å². The Labute approximate surface area is 93.0 Å². The summed E-state index contributed by atoms with van der Waals surface area (Å²) in [5.74, 6) is 1.68. The van der Waals surface area contributed by atoms with Crippen LogP contribution >= 0.6 is 11.8 Å². The standard InChI is InChI=1S/C10H14N2O2S/c1-3-14-10(13)9-7-6-15-5-4-8(7)12(2)11-9/h3-6H2,1-2H3. The van der Waals surface area contributed by atoms with Crippen LogP contribution in [0.15, 0.2) is 0 Å². The van der Waals surface area contributed by atoms with Crippen molar-refractivity contribution in [1.82, 2.24) is 9.78 Å². The van der Waals surface area contributed by atoms with E-state index in [0.717, 1.165) is 23.5 Å². The van der Waals surface area contributed by atoms with E-state index >= 15 is 0 Å². The van der Waals surface area contributed by atoms with Crippen molar-refractivity contribution in [2.75, 3.05) is 12.4 Å². The molecule has 0 aliphatic carbocycles. The Kier molecular flexibility index (Phi) is 3.00. The zero-order valence-electron chi connectivity index (χ0n) is 8.95. The smallest absolute Gasteiger partial charge is 0.359 e. The van der Waals surface area contributed by atoms with Crippen molar-refractivity contribution in [2.24, 2.45) is 7.05 Å². The van der Waals surface area contributed by atoms with Gasteiger partial charge in [-0.3, -0.25) is 4.68 Å². The first-order chi connectivity index (χ1) is 7.24. The zero-order valence-corrected chi connectivity index (χ0v) is 9.76. The number of nitrogens with zero attached hydrogens (tertiary/aromatic N) is 2. The molecular formula is C10H14N2O2S. The first-order valence-electron chi connectivity index (χ1n) is 5.03. The quantitative estimate of drug-likeness (QED) is 0.715. The Bertz CT molecular complexity index is 387. The normalized spacial score (nSPS) is 14.8. The summed E-state index contributed by atoms with van der Waals surface area (Å²) >= 11 is 1.84. The number of aryl methyl sites for hydroxylation is 1. The van der Waals surface area contributed by atoms with Crippen LogP contribution in [0.5, 0.6) is 0 Å². The molecule has 0 aromatic carbocycles. The number of rotatable bonds is 2. The molecule has 0 amide bonds. The molecule has 82 valence electrons. The molecule has 1 aromatic heterocycles. The Morgan fingerprint density at radius 1 is 1.67 bits per heavy atom. The van der Waals surface area contributed by atoms with Crippen LogP contribution in [-0.4, -0.2) is 28.1 Å². The van der Waals surface area contributed by atoms with E-state index < -0.39 is 0 Å². The summed E-state index contributed by atoms with van der Waals surface area (Å²) in [7, 11) is 1.89. The highest BCUT2D eigenvalue weighted by atomic mass is 32.2. The van der Waals surface area contributed by atoms with E-state index in [1.165, 1.54) is 5.69 Å². The fourth-order valence-corrected chi connectivity index (χ4v) is 2.76. The number of ether oxygens (including phenoxy) is 1. The Morgan fingerprint density at radius 3 is 3.20 bits per heavy atom. The maximum atomic E-state index is 11.6. The molecule has 0 bridgehead atoms. The average molecular weight is 226 g/mol. The highest BCUT2D eigenvalue weighted by Crippen LogP contribution is 2.27. The predicted octanol–water partition coefficient (Wildman–Crippen LogP) is 1.39. The molecule has 0 saturated heterocycles. The third kappa shape index (κ3) is 1.88. The van der Waals surface area contributed by atoms with Crippen LogP contribution in [0.1, 0.15) is 28.7 Å². The van der Waals surface area contributed by atoms with Crippen LogP contribution in [0.2, 0.25) is 0 Å². The number of thioether (sulfide) groups is 1. The molecule has 5 heteroatoms. The molecule has 2 heterocycles. The Hall–Kier alpha value is -0.970. The molecule has 4 nitrogen and oxygen atoms in total. The molecule has 2 rings (SSSR count). The van der Waals surface area contributed by atoms with Gasteiger partial charge in [0, 0.05) is 24.1 Å². The van der Waals surface area contributed by atoms with Gasteiger partial charge in [0.15, 0.2) is 5.69 Å². The van der Waals surface area contributed by atoms with E-state index in [1.54, 1.807) is 4.68 Å². The average Bonchev–Trinajstić information content (AvgIpc) is 2.58. The lowest BCUT2D eigenvalue weighted by atomic mass is 10.1. The van der Waals surface area contributed by atoms with Gasteiger partial charge in [0.1, 0.15) is 0 Å². The van der Waals surface area contributed by atoms with Crippen molar-refractivity contribution in [3.63, 3.8) is 0 Å². The van der Waals surface area contributed by atoms with Gasteiger partial charge in [-0.1, -0.05) is 0 Å². The highest BCUT2D eigenvalue weighted by molar-refractivity contribution is 7.98. The molecular weight excluding hydrogens is 212 g/mol. The minimum Gasteiger partial charge on any atom is -0.461 e. The lowest BCUT2D eigenvalue weighted by molar-refractivity contribution is 0.0517. The highest BCUT2D eigenvalue weighted by Gasteiger charge is 2.24. The molecule has 0 N–H and O–H groups in total. The van der Waals surface area contributed by atoms with Crippen LogP contribution in [0.4, 0.5) is 0 Å². The summed E-state index contributed by atoms with van der Waals surface area (Å²) in [5, 5.41) is 4.24. The third-order valence-corrected chi connectivity index (χ3v) is 3.46. The van der Waals surface area contributed by atoms with Crippen molar-refractivity contribution in [1.29, 1.82) is 0 Å². The second-order valence-electron chi connectivity index (χ2n) is 3.42. The molecule has 1 aliphatic heterocycles. The lowest BCUT2D eigenvalue weighted by Gasteiger charge is -2.11. The van der Waals surface area contributed by atoms with Crippen LogP contribution < -0.4 is 0 Å². The minimum atomic E-state index is -0.295. The largest absolute Gasteiger partial charge is 0.461 e. The van der Waals surface area contributed by atoms with E-state index in [4.69, 9.17) is 4.74 Å². The van der Waals surface area contributed by atoms with Gasteiger partial charge in [-0.25, -0.2) is 4.79 Å². The fourth-order valence-electron chi connectivity index (χ4n) is 1.77.